The first-order chi connectivity index (χ1) is 26.5. The molecule has 0 saturated carbocycles. The van der Waals surface area contributed by atoms with Gasteiger partial charge in [0.2, 0.25) is 0 Å². The summed E-state index contributed by atoms with van der Waals surface area (Å²) >= 11 is 0. The average molecular weight is 765 g/mol. The molecule has 4 nitrogen and oxygen atoms in total. The van der Waals surface area contributed by atoms with Crippen molar-refractivity contribution < 1.29 is 19.4 Å². The monoisotopic (exact) mass is 765 g/mol. The Balaban J connectivity index is 0. The Morgan fingerprint density at radius 1 is 0.352 bits per heavy atom. The quantitative estimate of drug-likeness (QED) is 0.0496. The van der Waals surface area contributed by atoms with Gasteiger partial charge in [-0.15, -0.1) is 0 Å². The molecule has 0 saturated heterocycles. The van der Waals surface area contributed by atoms with Gasteiger partial charge in [0.05, 0.1) is 12.5 Å². The predicted molar refractivity (Wildman–Crippen MR) is 239 cm³/mol. The molecule has 0 aliphatic rings. The fourth-order valence-electron chi connectivity index (χ4n) is 7.58. The van der Waals surface area contributed by atoms with E-state index in [9.17, 15) is 14.7 Å². The Morgan fingerprint density at radius 3 is 0.907 bits per heavy atom. The molecule has 4 heteroatoms. The third-order valence-corrected chi connectivity index (χ3v) is 11.4. The zero-order valence-electron chi connectivity index (χ0n) is 37.7. The van der Waals surface area contributed by atoms with Crippen molar-refractivity contribution in [3.05, 3.63) is 0 Å². The lowest BCUT2D eigenvalue weighted by Gasteiger charge is -2.11. The van der Waals surface area contributed by atoms with Crippen LogP contribution in [0.25, 0.3) is 0 Å². The van der Waals surface area contributed by atoms with Crippen molar-refractivity contribution in [2.24, 2.45) is 5.92 Å². The number of unbranched alkanes of at least 4 members (excludes halogenated alkanes) is 35. The minimum Gasteiger partial charge on any atom is -0.481 e. The Bertz CT molecular complexity index is 705. The van der Waals surface area contributed by atoms with E-state index in [0.717, 1.165) is 44.9 Å². The number of carboxylic acids is 1. The molecule has 0 heterocycles. The van der Waals surface area contributed by atoms with E-state index in [0.29, 0.717) is 13.0 Å². The second-order valence-electron chi connectivity index (χ2n) is 17.0. The van der Waals surface area contributed by atoms with Crippen LogP contribution in [-0.2, 0) is 14.3 Å². The summed E-state index contributed by atoms with van der Waals surface area (Å²) in [7, 11) is 0. The normalized spacial score (nSPS) is 11.7. The van der Waals surface area contributed by atoms with Crippen LogP contribution in [0.15, 0.2) is 0 Å². The second-order valence-corrected chi connectivity index (χ2v) is 17.0. The molecule has 0 amide bonds. The summed E-state index contributed by atoms with van der Waals surface area (Å²) in [5.41, 5.74) is 0. The summed E-state index contributed by atoms with van der Waals surface area (Å²) < 4.78 is 5.30. The van der Waals surface area contributed by atoms with Crippen molar-refractivity contribution >= 4 is 11.9 Å². The smallest absolute Gasteiger partial charge is 0.306 e. The highest BCUT2D eigenvalue weighted by molar-refractivity contribution is 5.69. The molecule has 0 aromatic rings. The van der Waals surface area contributed by atoms with E-state index in [4.69, 9.17) is 4.74 Å². The summed E-state index contributed by atoms with van der Waals surface area (Å²) in [5, 5.41) is 9.30. The van der Waals surface area contributed by atoms with E-state index in [1.165, 1.54) is 218 Å². The highest BCUT2D eigenvalue weighted by Gasteiger charge is 2.16. The topological polar surface area (TPSA) is 63.6 Å². The zero-order valence-corrected chi connectivity index (χ0v) is 37.7. The number of esters is 1. The molecule has 54 heavy (non-hydrogen) atoms. The number of rotatable bonds is 44. The number of ether oxygens (including phenoxy) is 1. The molecule has 0 bridgehead atoms. The second kappa shape index (κ2) is 50.0. The minimum atomic E-state index is -0.577. The largest absolute Gasteiger partial charge is 0.481 e. The van der Waals surface area contributed by atoms with Crippen molar-refractivity contribution in [2.75, 3.05) is 6.61 Å². The molecule has 0 radical (unpaired) electrons. The molecule has 1 atom stereocenters. The molecular formula is C50H100O4. The van der Waals surface area contributed by atoms with Gasteiger partial charge in [-0.3, -0.25) is 9.59 Å². The van der Waals surface area contributed by atoms with E-state index in [1.807, 2.05) is 0 Å². The minimum absolute atomic E-state index is 0.00654. The highest BCUT2D eigenvalue weighted by atomic mass is 16.5. The van der Waals surface area contributed by atoms with Crippen molar-refractivity contribution in [1.82, 2.24) is 0 Å². The Morgan fingerprint density at radius 2 is 0.593 bits per heavy atom. The van der Waals surface area contributed by atoms with Gasteiger partial charge in [0.25, 0.3) is 0 Å². The van der Waals surface area contributed by atoms with E-state index < -0.39 is 5.97 Å². The maximum Gasteiger partial charge on any atom is 0.306 e. The number of carbonyl (C=O) groups is 2. The standard InChI is InChI=1S/2C25H50O2/c1-3-5-7-8-9-10-11-12-13-14-15-16-17-18-19-21-23-24(25(26)27)22-20-6-4-2;1-3-5-7-9-10-11-12-13-14-15-16-17-18-19-20-22-24-27-25(26)23-21-8-6-4-2/h24H,3-23H2,1-2H3,(H,26,27);3-24H2,1-2H3. The zero-order chi connectivity index (χ0) is 39.8. The van der Waals surface area contributed by atoms with Crippen LogP contribution in [-0.4, -0.2) is 23.7 Å². The van der Waals surface area contributed by atoms with Gasteiger partial charge >= 0.3 is 11.9 Å². The highest BCUT2D eigenvalue weighted by Crippen LogP contribution is 2.20. The van der Waals surface area contributed by atoms with Gasteiger partial charge in [-0.1, -0.05) is 265 Å². The first kappa shape index (κ1) is 55.0. The Kier molecular flexibility index (Phi) is 50.9. The fourth-order valence-corrected chi connectivity index (χ4v) is 7.58. The van der Waals surface area contributed by atoms with Crippen LogP contribution in [0.4, 0.5) is 0 Å². The third kappa shape index (κ3) is 49.0. The third-order valence-electron chi connectivity index (χ3n) is 11.4. The van der Waals surface area contributed by atoms with Crippen LogP contribution >= 0.6 is 0 Å². The molecule has 324 valence electrons. The van der Waals surface area contributed by atoms with Crippen molar-refractivity contribution in [1.29, 1.82) is 0 Å². The van der Waals surface area contributed by atoms with E-state index in [2.05, 4.69) is 27.7 Å². The number of hydrogen-bond acceptors (Lipinski definition) is 3. The molecule has 0 fully saturated rings. The SMILES string of the molecule is CCCCCCCCCCCCCCCCCCC(CCCCC)C(=O)O.CCCCCCCCCCCCCCCCCCOC(=O)CCCCCC. The van der Waals surface area contributed by atoms with Crippen LogP contribution < -0.4 is 0 Å². The van der Waals surface area contributed by atoms with Crippen LogP contribution in [0.2, 0.25) is 0 Å². The summed E-state index contributed by atoms with van der Waals surface area (Å²) in [6.45, 7) is 9.56. The van der Waals surface area contributed by atoms with Crippen molar-refractivity contribution in [3.63, 3.8) is 0 Å². The Labute approximate surface area is 340 Å². The molecular weight excluding hydrogens is 665 g/mol. The van der Waals surface area contributed by atoms with Gasteiger partial charge in [0, 0.05) is 6.42 Å². The summed E-state index contributed by atoms with van der Waals surface area (Å²) in [6, 6.07) is 0. The lowest BCUT2D eigenvalue weighted by molar-refractivity contribution is -0.144. The fraction of sp³-hybridized carbons (Fsp3) is 0.960. The van der Waals surface area contributed by atoms with E-state index in [-0.39, 0.29) is 11.9 Å². The number of carboxylic acid groups (broad SMARTS) is 1. The maximum absolute atomic E-state index is 11.5. The number of aliphatic carboxylic acids is 1. The van der Waals surface area contributed by atoms with Gasteiger partial charge in [0.15, 0.2) is 0 Å². The summed E-state index contributed by atoms with van der Waals surface area (Å²) in [6.07, 6.45) is 54.3. The Hall–Kier alpha value is -1.06. The lowest BCUT2D eigenvalue weighted by Crippen LogP contribution is -2.13. The lowest BCUT2D eigenvalue weighted by atomic mass is 9.94. The van der Waals surface area contributed by atoms with Gasteiger partial charge < -0.3 is 9.84 Å². The van der Waals surface area contributed by atoms with Gasteiger partial charge in [-0.2, -0.15) is 0 Å². The average Bonchev–Trinajstić information content (AvgIpc) is 3.17. The van der Waals surface area contributed by atoms with Crippen LogP contribution in [0.3, 0.4) is 0 Å². The summed E-state index contributed by atoms with van der Waals surface area (Å²) in [4.78, 5) is 22.8. The molecule has 0 aromatic heterocycles. The van der Waals surface area contributed by atoms with Gasteiger partial charge in [-0.05, 0) is 25.7 Å². The molecule has 0 aliphatic heterocycles. The summed E-state index contributed by atoms with van der Waals surface area (Å²) in [5.74, 6) is -0.665. The van der Waals surface area contributed by atoms with E-state index in [1.54, 1.807) is 0 Å². The van der Waals surface area contributed by atoms with Crippen LogP contribution in [0.5, 0.6) is 0 Å². The van der Waals surface area contributed by atoms with Gasteiger partial charge in [0.1, 0.15) is 0 Å². The maximum atomic E-state index is 11.5. The number of hydrogen-bond donors (Lipinski definition) is 1. The molecule has 1 N–H and O–H groups in total. The van der Waals surface area contributed by atoms with Crippen molar-refractivity contribution in [3.8, 4) is 0 Å². The molecule has 1 unspecified atom stereocenters. The first-order valence-corrected chi connectivity index (χ1v) is 24.9. The van der Waals surface area contributed by atoms with Crippen LogP contribution in [0, 0.1) is 5.92 Å². The van der Waals surface area contributed by atoms with Gasteiger partial charge in [-0.25, -0.2) is 0 Å². The van der Waals surface area contributed by atoms with Crippen LogP contribution in [0.1, 0.15) is 297 Å². The molecule has 0 spiro atoms. The number of carbonyl (C=O) groups excluding carboxylic acids is 1. The molecule has 0 rings (SSSR count). The van der Waals surface area contributed by atoms with Crippen molar-refractivity contribution in [2.45, 2.75) is 297 Å². The predicted octanol–water partition coefficient (Wildman–Crippen LogP) is 17.7. The molecule has 0 aliphatic carbocycles. The molecule has 0 aromatic carbocycles. The first-order valence-electron chi connectivity index (χ1n) is 24.9. The van der Waals surface area contributed by atoms with E-state index >= 15 is 0 Å².